The van der Waals surface area contributed by atoms with Gasteiger partial charge in [0.05, 0.1) is 12.1 Å². The molecule has 2 aliphatic carbocycles. The van der Waals surface area contributed by atoms with E-state index in [0.29, 0.717) is 6.04 Å². The van der Waals surface area contributed by atoms with Crippen LogP contribution in [0.25, 0.3) is 0 Å². The lowest BCUT2D eigenvalue weighted by Gasteiger charge is -2.20. The zero-order valence-electron chi connectivity index (χ0n) is 10.6. The Morgan fingerprint density at radius 1 is 1.29 bits per heavy atom. The van der Waals surface area contributed by atoms with E-state index in [4.69, 9.17) is 0 Å². The topological polar surface area (TPSA) is 55.6 Å². The first-order chi connectivity index (χ1) is 8.31. The van der Waals surface area contributed by atoms with Crippen molar-refractivity contribution in [3.05, 3.63) is 5.82 Å². The maximum absolute atomic E-state index is 4.26. The van der Waals surface area contributed by atoms with Crippen LogP contribution in [0.2, 0.25) is 0 Å². The van der Waals surface area contributed by atoms with Crippen molar-refractivity contribution in [2.45, 2.75) is 51.6 Å². The number of hydrogen-bond acceptors (Lipinski definition) is 4. The van der Waals surface area contributed by atoms with Gasteiger partial charge in [-0.2, -0.15) is 0 Å². The summed E-state index contributed by atoms with van der Waals surface area (Å²) in [6.07, 6.45) is 5.43. The van der Waals surface area contributed by atoms with Gasteiger partial charge in [-0.1, -0.05) is 6.92 Å². The minimum Gasteiger partial charge on any atom is -0.308 e. The maximum atomic E-state index is 4.26. The Bertz CT molecular complexity index is 368. The molecule has 17 heavy (non-hydrogen) atoms. The first-order valence-electron chi connectivity index (χ1n) is 6.82. The Labute approximate surface area is 102 Å². The van der Waals surface area contributed by atoms with Gasteiger partial charge in [0.2, 0.25) is 0 Å². The summed E-state index contributed by atoms with van der Waals surface area (Å²) >= 11 is 0. The quantitative estimate of drug-likeness (QED) is 0.815. The van der Waals surface area contributed by atoms with Gasteiger partial charge >= 0.3 is 0 Å². The summed E-state index contributed by atoms with van der Waals surface area (Å²) in [4.78, 5) is 0. The van der Waals surface area contributed by atoms with Crippen molar-refractivity contribution in [3.63, 3.8) is 0 Å². The first kappa shape index (κ1) is 11.1. The fraction of sp³-hybridized carbons (Fsp3) is 0.917. The Morgan fingerprint density at radius 2 is 1.94 bits per heavy atom. The van der Waals surface area contributed by atoms with Gasteiger partial charge in [0.1, 0.15) is 0 Å². The molecular formula is C12H21N5. The third kappa shape index (κ3) is 2.20. The number of nitrogens with one attached hydrogen (secondary N) is 1. The van der Waals surface area contributed by atoms with Gasteiger partial charge in [-0.3, -0.25) is 0 Å². The van der Waals surface area contributed by atoms with E-state index in [0.717, 1.165) is 24.2 Å². The molecule has 0 amide bonds. The molecule has 1 aromatic rings. The summed E-state index contributed by atoms with van der Waals surface area (Å²) in [5.41, 5.74) is 0. The van der Waals surface area contributed by atoms with Crippen molar-refractivity contribution in [2.24, 2.45) is 11.8 Å². The molecule has 2 saturated carbocycles. The number of nitrogens with zero attached hydrogens (tertiary/aromatic N) is 4. The number of tetrazole rings is 1. The predicted octanol–water partition coefficient (Wildman–Crippen LogP) is 1.70. The Kier molecular flexibility index (Phi) is 2.86. The third-order valence-corrected chi connectivity index (χ3v) is 3.91. The lowest BCUT2D eigenvalue weighted by atomic mass is 10.1. The second-order valence-electron chi connectivity index (χ2n) is 5.43. The average Bonchev–Trinajstić information content (AvgIpc) is 3.20. The van der Waals surface area contributed by atoms with Crippen LogP contribution in [0.5, 0.6) is 0 Å². The summed E-state index contributed by atoms with van der Waals surface area (Å²) in [6.45, 7) is 5.21. The smallest absolute Gasteiger partial charge is 0.168 e. The fourth-order valence-electron chi connectivity index (χ4n) is 2.76. The summed E-state index contributed by atoms with van der Waals surface area (Å²) < 4.78 is 2.11. The number of hydrogen-bond donors (Lipinski definition) is 1. The lowest BCUT2D eigenvalue weighted by Crippen LogP contribution is -2.25. The van der Waals surface area contributed by atoms with Crippen LogP contribution in [0.3, 0.4) is 0 Å². The fourth-order valence-corrected chi connectivity index (χ4v) is 2.76. The van der Waals surface area contributed by atoms with E-state index in [1.807, 2.05) is 0 Å². The summed E-state index contributed by atoms with van der Waals surface area (Å²) in [5, 5.41) is 15.8. The molecule has 1 aromatic heterocycles. The van der Waals surface area contributed by atoms with E-state index in [-0.39, 0.29) is 6.04 Å². The number of rotatable bonds is 6. The standard InChI is InChI=1S/C12H21N5/c1-3-13-8(2)12-14-15-16-17(12)11(9-4-5-9)10-6-7-10/h8-11,13H,3-7H2,1-2H3. The van der Waals surface area contributed by atoms with Crippen molar-refractivity contribution in [1.82, 2.24) is 25.5 Å². The lowest BCUT2D eigenvalue weighted by molar-refractivity contribution is 0.332. The monoisotopic (exact) mass is 235 g/mol. The Hall–Kier alpha value is -0.970. The molecule has 5 heteroatoms. The van der Waals surface area contributed by atoms with Crippen molar-refractivity contribution < 1.29 is 0 Å². The molecule has 1 N–H and O–H groups in total. The van der Waals surface area contributed by atoms with Crippen LogP contribution >= 0.6 is 0 Å². The summed E-state index contributed by atoms with van der Waals surface area (Å²) in [7, 11) is 0. The normalized spacial score (nSPS) is 22.1. The molecule has 1 unspecified atom stereocenters. The van der Waals surface area contributed by atoms with Gasteiger partial charge in [0.15, 0.2) is 5.82 Å². The molecule has 1 atom stereocenters. The predicted molar refractivity (Wildman–Crippen MR) is 64.4 cm³/mol. The molecule has 0 radical (unpaired) electrons. The zero-order chi connectivity index (χ0) is 11.8. The van der Waals surface area contributed by atoms with E-state index in [2.05, 4.69) is 39.4 Å². The molecule has 5 nitrogen and oxygen atoms in total. The molecule has 94 valence electrons. The molecule has 0 bridgehead atoms. The minimum absolute atomic E-state index is 0.245. The van der Waals surface area contributed by atoms with Crippen LogP contribution in [0.1, 0.15) is 57.4 Å². The maximum Gasteiger partial charge on any atom is 0.168 e. The third-order valence-electron chi connectivity index (χ3n) is 3.91. The average molecular weight is 235 g/mol. The molecule has 1 heterocycles. The summed E-state index contributed by atoms with van der Waals surface area (Å²) in [5.74, 6) is 2.67. The van der Waals surface area contributed by atoms with Crippen LogP contribution < -0.4 is 5.32 Å². The second-order valence-corrected chi connectivity index (χ2v) is 5.43. The first-order valence-corrected chi connectivity index (χ1v) is 6.82. The Morgan fingerprint density at radius 3 is 2.47 bits per heavy atom. The molecule has 0 saturated heterocycles. The highest BCUT2D eigenvalue weighted by molar-refractivity contribution is 5.00. The van der Waals surface area contributed by atoms with Crippen LogP contribution in [-0.4, -0.2) is 26.8 Å². The highest BCUT2D eigenvalue weighted by atomic mass is 15.6. The van der Waals surface area contributed by atoms with Crippen molar-refractivity contribution in [1.29, 1.82) is 0 Å². The van der Waals surface area contributed by atoms with E-state index >= 15 is 0 Å². The highest BCUT2D eigenvalue weighted by Gasteiger charge is 2.44. The SMILES string of the molecule is CCNC(C)c1nnnn1C(C1CC1)C1CC1. The highest BCUT2D eigenvalue weighted by Crippen LogP contribution is 2.52. The van der Waals surface area contributed by atoms with E-state index in [1.54, 1.807) is 0 Å². The largest absolute Gasteiger partial charge is 0.308 e. The van der Waals surface area contributed by atoms with Gasteiger partial charge in [0, 0.05) is 0 Å². The van der Waals surface area contributed by atoms with E-state index < -0.39 is 0 Å². The number of aromatic nitrogens is 4. The minimum atomic E-state index is 0.245. The van der Waals surface area contributed by atoms with Crippen LogP contribution in [-0.2, 0) is 0 Å². The molecule has 0 aliphatic heterocycles. The molecule has 2 aliphatic rings. The molecule has 0 aromatic carbocycles. The van der Waals surface area contributed by atoms with Gasteiger partial charge in [-0.15, -0.1) is 5.10 Å². The molecule has 0 spiro atoms. The Balaban J connectivity index is 1.83. The van der Waals surface area contributed by atoms with Crippen molar-refractivity contribution >= 4 is 0 Å². The second kappa shape index (κ2) is 4.37. The van der Waals surface area contributed by atoms with Gasteiger partial charge in [0.25, 0.3) is 0 Å². The van der Waals surface area contributed by atoms with Crippen LogP contribution in [0.4, 0.5) is 0 Å². The van der Waals surface area contributed by atoms with E-state index in [9.17, 15) is 0 Å². The molecule has 3 rings (SSSR count). The van der Waals surface area contributed by atoms with Gasteiger partial charge < -0.3 is 5.32 Å². The van der Waals surface area contributed by atoms with Crippen LogP contribution in [0, 0.1) is 11.8 Å². The van der Waals surface area contributed by atoms with Crippen molar-refractivity contribution in [3.8, 4) is 0 Å². The van der Waals surface area contributed by atoms with E-state index in [1.165, 1.54) is 25.7 Å². The summed E-state index contributed by atoms with van der Waals surface area (Å²) in [6, 6.07) is 0.816. The van der Waals surface area contributed by atoms with Gasteiger partial charge in [-0.25, -0.2) is 4.68 Å². The zero-order valence-corrected chi connectivity index (χ0v) is 10.6. The molecule has 2 fully saturated rings. The molecular weight excluding hydrogens is 214 g/mol. The van der Waals surface area contributed by atoms with Crippen LogP contribution in [0.15, 0.2) is 0 Å². The van der Waals surface area contributed by atoms with Crippen molar-refractivity contribution in [2.75, 3.05) is 6.54 Å². The van der Waals surface area contributed by atoms with Gasteiger partial charge in [-0.05, 0) is 61.4 Å².